The molecule has 0 fully saturated rings. The molecule has 0 amide bonds. The fraction of sp³-hybridized carbons (Fsp3) is 0.280. The maximum absolute atomic E-state index is 6.87. The van der Waals surface area contributed by atoms with E-state index in [1.165, 1.54) is 5.56 Å². The van der Waals surface area contributed by atoms with E-state index >= 15 is 0 Å². The minimum absolute atomic E-state index is 0. The third-order valence-electron chi connectivity index (χ3n) is 5.52. The fourth-order valence-corrected chi connectivity index (χ4v) is 4.89. The molecule has 0 saturated heterocycles. The van der Waals surface area contributed by atoms with E-state index in [2.05, 4.69) is 69.2 Å². The summed E-state index contributed by atoms with van der Waals surface area (Å²) in [6, 6.07) is 20.7. The van der Waals surface area contributed by atoms with Crippen LogP contribution in [0.15, 0.2) is 66.9 Å². The SMILES string of the molecule is CSn1c(-c2nccc(N(C)CCCN(C)Cc3ccccc3)c2Cl)nc2ccccc21.Cl.Cl.Cl. The first-order valence-electron chi connectivity index (χ1n) is 10.7. The van der Waals surface area contributed by atoms with Crippen LogP contribution in [-0.4, -0.2) is 52.3 Å². The van der Waals surface area contributed by atoms with Gasteiger partial charge in [0.15, 0.2) is 5.82 Å². The number of aromatic nitrogens is 3. The predicted octanol–water partition coefficient (Wildman–Crippen LogP) is 7.10. The molecular formula is C25H31Cl4N5S. The van der Waals surface area contributed by atoms with Gasteiger partial charge >= 0.3 is 0 Å². The number of para-hydroxylation sites is 2. The van der Waals surface area contributed by atoms with E-state index in [9.17, 15) is 0 Å². The van der Waals surface area contributed by atoms with Crippen molar-refractivity contribution in [3.8, 4) is 11.5 Å². The number of anilines is 1. The van der Waals surface area contributed by atoms with Gasteiger partial charge in [-0.3, -0.25) is 8.96 Å². The molecule has 5 nitrogen and oxygen atoms in total. The standard InChI is InChI=1S/C25H28ClN5S.3ClH/c1-29(18-19-10-5-4-6-11-19)16-9-17-30(2)22-14-15-27-24(23(22)26)25-28-20-12-7-8-13-21(20)31(25)32-3;;;/h4-8,10-15H,9,16-18H2,1-3H3;3*1H. The smallest absolute Gasteiger partial charge is 0.171 e. The van der Waals surface area contributed by atoms with Gasteiger partial charge in [-0.05, 0) is 55.7 Å². The summed E-state index contributed by atoms with van der Waals surface area (Å²) in [5.74, 6) is 0.779. The Morgan fingerprint density at radius 2 is 1.60 bits per heavy atom. The number of hydrogen-bond acceptors (Lipinski definition) is 5. The zero-order valence-electron chi connectivity index (χ0n) is 19.9. The van der Waals surface area contributed by atoms with Gasteiger partial charge in [-0.2, -0.15) is 0 Å². The molecule has 4 aromatic rings. The van der Waals surface area contributed by atoms with Crippen LogP contribution in [0.4, 0.5) is 5.69 Å². The summed E-state index contributed by atoms with van der Waals surface area (Å²) in [7, 11) is 4.25. The van der Waals surface area contributed by atoms with Crippen LogP contribution >= 0.6 is 60.8 Å². The summed E-state index contributed by atoms with van der Waals surface area (Å²) >= 11 is 8.47. The van der Waals surface area contributed by atoms with Crippen molar-refractivity contribution in [2.75, 3.05) is 38.3 Å². The summed E-state index contributed by atoms with van der Waals surface area (Å²) < 4.78 is 2.09. The molecule has 35 heavy (non-hydrogen) atoms. The van der Waals surface area contributed by atoms with Crippen molar-refractivity contribution in [1.29, 1.82) is 0 Å². The zero-order valence-corrected chi connectivity index (χ0v) is 23.9. The van der Waals surface area contributed by atoms with Crippen molar-refractivity contribution in [3.05, 3.63) is 77.4 Å². The summed E-state index contributed by atoms with van der Waals surface area (Å²) in [5.41, 5.74) is 5.02. The van der Waals surface area contributed by atoms with Gasteiger partial charge in [-0.25, -0.2) is 4.98 Å². The van der Waals surface area contributed by atoms with E-state index < -0.39 is 0 Å². The maximum Gasteiger partial charge on any atom is 0.171 e. The number of benzene rings is 2. The Bertz CT molecular complexity index is 1190. The molecule has 0 saturated carbocycles. The quantitative estimate of drug-likeness (QED) is 0.213. The fourth-order valence-electron chi connectivity index (χ4n) is 3.89. The number of fused-ring (bicyclic) bond motifs is 1. The van der Waals surface area contributed by atoms with Crippen molar-refractivity contribution in [1.82, 2.24) is 18.8 Å². The number of pyridine rings is 1. The Balaban J connectivity index is 0.00000204. The second-order valence-corrected chi connectivity index (χ2v) is 9.00. The number of nitrogens with zero attached hydrogens (tertiary/aromatic N) is 5. The summed E-state index contributed by atoms with van der Waals surface area (Å²) in [4.78, 5) is 14.0. The lowest BCUT2D eigenvalue weighted by molar-refractivity contribution is 0.323. The monoisotopic (exact) mass is 573 g/mol. The van der Waals surface area contributed by atoms with Gasteiger partial charge in [0.1, 0.15) is 5.69 Å². The number of imidazole rings is 1. The van der Waals surface area contributed by atoms with Crippen molar-refractivity contribution in [2.45, 2.75) is 13.0 Å². The lowest BCUT2D eigenvalue weighted by atomic mass is 10.2. The van der Waals surface area contributed by atoms with Gasteiger partial charge in [0, 0.05) is 32.6 Å². The highest BCUT2D eigenvalue weighted by atomic mass is 35.5. The molecular weight excluding hydrogens is 544 g/mol. The van der Waals surface area contributed by atoms with Gasteiger partial charge in [0.25, 0.3) is 0 Å². The van der Waals surface area contributed by atoms with Crippen LogP contribution in [0.25, 0.3) is 22.6 Å². The molecule has 0 unspecified atom stereocenters. The Hall–Kier alpha value is -1.67. The van der Waals surface area contributed by atoms with E-state index in [-0.39, 0.29) is 37.2 Å². The van der Waals surface area contributed by atoms with E-state index in [0.717, 1.165) is 48.6 Å². The third-order valence-corrected chi connectivity index (χ3v) is 6.63. The molecule has 0 atom stereocenters. The van der Waals surface area contributed by atoms with Gasteiger partial charge < -0.3 is 9.80 Å². The third kappa shape index (κ3) is 7.42. The first kappa shape index (κ1) is 31.4. The Morgan fingerprint density at radius 3 is 2.31 bits per heavy atom. The minimum atomic E-state index is 0. The average molecular weight is 575 g/mol. The molecule has 4 rings (SSSR count). The van der Waals surface area contributed by atoms with Gasteiger partial charge in [-0.15, -0.1) is 37.2 Å². The molecule has 2 heterocycles. The van der Waals surface area contributed by atoms with Crippen LogP contribution in [0.5, 0.6) is 0 Å². The van der Waals surface area contributed by atoms with Crippen molar-refractivity contribution < 1.29 is 0 Å². The highest BCUT2D eigenvalue weighted by Crippen LogP contribution is 2.36. The van der Waals surface area contributed by atoms with Crippen LogP contribution in [-0.2, 0) is 6.54 Å². The first-order valence-corrected chi connectivity index (χ1v) is 12.2. The molecule has 0 aliphatic heterocycles. The zero-order chi connectivity index (χ0) is 22.5. The number of rotatable bonds is 9. The van der Waals surface area contributed by atoms with Gasteiger partial charge in [0.2, 0.25) is 0 Å². The topological polar surface area (TPSA) is 37.2 Å². The van der Waals surface area contributed by atoms with E-state index in [4.69, 9.17) is 16.6 Å². The molecule has 0 bridgehead atoms. The lowest BCUT2D eigenvalue weighted by Crippen LogP contribution is -2.25. The van der Waals surface area contributed by atoms with Crippen molar-refractivity contribution >= 4 is 77.5 Å². The normalized spacial score (nSPS) is 10.4. The maximum atomic E-state index is 6.87. The summed E-state index contributed by atoms with van der Waals surface area (Å²) in [6.45, 7) is 2.87. The van der Waals surface area contributed by atoms with Crippen LogP contribution in [0.3, 0.4) is 0 Å². The lowest BCUT2D eigenvalue weighted by Gasteiger charge is -2.23. The highest BCUT2D eigenvalue weighted by molar-refractivity contribution is 7.97. The molecule has 2 aromatic carbocycles. The van der Waals surface area contributed by atoms with E-state index in [1.807, 2.05) is 36.7 Å². The van der Waals surface area contributed by atoms with Crippen molar-refractivity contribution in [3.63, 3.8) is 0 Å². The molecule has 190 valence electrons. The molecule has 0 radical (unpaired) electrons. The van der Waals surface area contributed by atoms with E-state index in [1.54, 1.807) is 11.9 Å². The molecule has 0 aliphatic rings. The van der Waals surface area contributed by atoms with Crippen LogP contribution < -0.4 is 4.90 Å². The predicted molar refractivity (Wildman–Crippen MR) is 159 cm³/mol. The van der Waals surface area contributed by atoms with Gasteiger partial charge in [-0.1, -0.05) is 54.1 Å². The van der Waals surface area contributed by atoms with Crippen LogP contribution in [0.1, 0.15) is 12.0 Å². The van der Waals surface area contributed by atoms with Crippen molar-refractivity contribution in [2.24, 2.45) is 0 Å². The average Bonchev–Trinajstić information content (AvgIpc) is 3.18. The largest absolute Gasteiger partial charge is 0.373 e. The number of hydrogen-bond donors (Lipinski definition) is 0. The molecule has 0 spiro atoms. The highest BCUT2D eigenvalue weighted by Gasteiger charge is 2.19. The van der Waals surface area contributed by atoms with Crippen LogP contribution in [0.2, 0.25) is 5.02 Å². The van der Waals surface area contributed by atoms with Gasteiger partial charge in [0.05, 0.1) is 21.7 Å². The van der Waals surface area contributed by atoms with E-state index in [0.29, 0.717) is 10.7 Å². The Kier molecular flexibility index (Phi) is 13.2. The van der Waals surface area contributed by atoms with Crippen LogP contribution in [0, 0.1) is 0 Å². The molecule has 0 N–H and O–H groups in total. The second kappa shape index (κ2) is 14.8. The minimum Gasteiger partial charge on any atom is -0.373 e. The molecule has 10 heteroatoms. The molecule has 2 aromatic heterocycles. The Morgan fingerprint density at radius 1 is 0.914 bits per heavy atom. The number of halogens is 4. The molecule has 0 aliphatic carbocycles. The Labute approximate surface area is 235 Å². The summed E-state index contributed by atoms with van der Waals surface area (Å²) in [6.07, 6.45) is 4.89. The first-order chi connectivity index (χ1) is 15.6. The summed E-state index contributed by atoms with van der Waals surface area (Å²) in [5, 5.41) is 0.637. The second-order valence-electron chi connectivity index (χ2n) is 7.89.